The van der Waals surface area contributed by atoms with E-state index >= 15 is 0 Å². The highest BCUT2D eigenvalue weighted by Gasteiger charge is 2.34. The van der Waals surface area contributed by atoms with E-state index in [2.05, 4.69) is 5.32 Å². The van der Waals surface area contributed by atoms with E-state index < -0.39 is 10.0 Å². The molecule has 26 heavy (non-hydrogen) atoms. The molecule has 2 heterocycles. The molecule has 0 unspecified atom stereocenters. The van der Waals surface area contributed by atoms with Crippen molar-refractivity contribution >= 4 is 15.9 Å². The fourth-order valence-electron chi connectivity index (χ4n) is 3.66. The highest BCUT2D eigenvalue weighted by molar-refractivity contribution is 7.89. The standard InChI is InChI=1S/C19H28N2O4S/c1-14-7-8-15(2)18(11-14)26(23,24)21-9-3-5-16(13-21)19(22)20-12-17-6-4-10-25-17/h7-8,11,16-17H,3-6,9-10,12-13H2,1-2H3,(H,20,22)/t16-,17+/m1/s1. The minimum atomic E-state index is -3.58. The molecule has 1 aromatic rings. The predicted octanol–water partition coefficient (Wildman–Crippen LogP) is 2.00. The number of ether oxygens (including phenoxy) is 1. The molecule has 1 aromatic carbocycles. The van der Waals surface area contributed by atoms with Crippen LogP contribution in [0.2, 0.25) is 0 Å². The topological polar surface area (TPSA) is 75.7 Å². The first kappa shape index (κ1) is 19.3. The van der Waals surface area contributed by atoms with Crippen molar-refractivity contribution in [1.29, 1.82) is 0 Å². The second-order valence-corrected chi connectivity index (χ2v) is 9.26. The summed E-state index contributed by atoms with van der Waals surface area (Å²) in [6, 6.07) is 5.45. The molecule has 1 N–H and O–H groups in total. The van der Waals surface area contributed by atoms with Gasteiger partial charge in [0.1, 0.15) is 0 Å². The summed E-state index contributed by atoms with van der Waals surface area (Å²) in [4.78, 5) is 12.8. The van der Waals surface area contributed by atoms with Crippen LogP contribution in [-0.4, -0.2) is 51.0 Å². The molecule has 0 aromatic heterocycles. The molecule has 7 heteroatoms. The monoisotopic (exact) mass is 380 g/mol. The zero-order valence-electron chi connectivity index (χ0n) is 15.5. The number of aryl methyl sites for hydroxylation is 2. The van der Waals surface area contributed by atoms with Crippen molar-refractivity contribution in [1.82, 2.24) is 9.62 Å². The van der Waals surface area contributed by atoms with Crippen molar-refractivity contribution in [2.75, 3.05) is 26.2 Å². The quantitative estimate of drug-likeness (QED) is 0.848. The summed E-state index contributed by atoms with van der Waals surface area (Å²) in [6.45, 7) is 5.67. The molecule has 0 saturated carbocycles. The number of nitrogens with one attached hydrogen (secondary N) is 1. The smallest absolute Gasteiger partial charge is 0.243 e. The van der Waals surface area contributed by atoms with Gasteiger partial charge in [-0.3, -0.25) is 4.79 Å². The third kappa shape index (κ3) is 4.27. The molecule has 1 amide bonds. The Bertz CT molecular complexity index is 757. The van der Waals surface area contributed by atoms with Gasteiger partial charge >= 0.3 is 0 Å². The first-order valence-electron chi connectivity index (χ1n) is 9.34. The zero-order chi connectivity index (χ0) is 18.7. The summed E-state index contributed by atoms with van der Waals surface area (Å²) >= 11 is 0. The minimum Gasteiger partial charge on any atom is -0.376 e. The highest BCUT2D eigenvalue weighted by Crippen LogP contribution is 2.26. The van der Waals surface area contributed by atoms with E-state index in [9.17, 15) is 13.2 Å². The van der Waals surface area contributed by atoms with E-state index in [-0.39, 0.29) is 24.5 Å². The second kappa shape index (κ2) is 8.06. The number of nitrogens with zero attached hydrogens (tertiary/aromatic N) is 1. The van der Waals surface area contributed by atoms with Gasteiger partial charge in [-0.05, 0) is 56.7 Å². The molecule has 0 aliphatic carbocycles. The molecule has 0 bridgehead atoms. The molecule has 0 radical (unpaired) electrons. The first-order valence-corrected chi connectivity index (χ1v) is 10.8. The van der Waals surface area contributed by atoms with Gasteiger partial charge in [-0.15, -0.1) is 0 Å². The molecule has 2 saturated heterocycles. The maximum atomic E-state index is 13.1. The third-order valence-electron chi connectivity index (χ3n) is 5.24. The van der Waals surface area contributed by atoms with Crippen molar-refractivity contribution in [2.24, 2.45) is 5.92 Å². The molecule has 6 nitrogen and oxygen atoms in total. The number of carbonyl (C=O) groups excluding carboxylic acids is 1. The van der Waals surface area contributed by atoms with Crippen LogP contribution >= 0.6 is 0 Å². The Morgan fingerprint density at radius 3 is 2.81 bits per heavy atom. The molecular weight excluding hydrogens is 352 g/mol. The lowest BCUT2D eigenvalue weighted by molar-refractivity contribution is -0.126. The Kier molecular flexibility index (Phi) is 5.99. The summed E-state index contributed by atoms with van der Waals surface area (Å²) in [5, 5.41) is 2.94. The third-order valence-corrected chi connectivity index (χ3v) is 7.25. The van der Waals surface area contributed by atoms with E-state index in [1.54, 1.807) is 6.07 Å². The predicted molar refractivity (Wildman–Crippen MR) is 99.4 cm³/mol. The van der Waals surface area contributed by atoms with Gasteiger partial charge in [-0.1, -0.05) is 12.1 Å². The van der Waals surface area contributed by atoms with E-state index in [1.165, 1.54) is 4.31 Å². The van der Waals surface area contributed by atoms with Gasteiger partial charge in [-0.25, -0.2) is 8.42 Å². The first-order chi connectivity index (χ1) is 12.4. The number of carbonyl (C=O) groups is 1. The van der Waals surface area contributed by atoms with Gasteiger partial charge in [-0.2, -0.15) is 4.31 Å². The second-order valence-electron chi connectivity index (χ2n) is 7.35. The summed E-state index contributed by atoms with van der Waals surface area (Å²) in [5.74, 6) is -0.369. The molecule has 2 aliphatic rings. The Balaban J connectivity index is 1.67. The van der Waals surface area contributed by atoms with Crippen molar-refractivity contribution in [3.8, 4) is 0 Å². The van der Waals surface area contributed by atoms with Gasteiger partial charge in [0.05, 0.1) is 16.9 Å². The lowest BCUT2D eigenvalue weighted by atomic mass is 9.99. The number of hydrogen-bond acceptors (Lipinski definition) is 4. The van der Waals surface area contributed by atoms with Gasteiger partial charge in [0, 0.05) is 26.2 Å². The van der Waals surface area contributed by atoms with Crippen molar-refractivity contribution in [3.05, 3.63) is 29.3 Å². The number of piperidine rings is 1. The van der Waals surface area contributed by atoms with Crippen LogP contribution in [0.15, 0.2) is 23.1 Å². The molecule has 0 spiro atoms. The lowest BCUT2D eigenvalue weighted by Crippen LogP contribution is -2.46. The maximum Gasteiger partial charge on any atom is 0.243 e. The van der Waals surface area contributed by atoms with Crippen molar-refractivity contribution in [3.63, 3.8) is 0 Å². The van der Waals surface area contributed by atoms with Crippen molar-refractivity contribution < 1.29 is 17.9 Å². The molecule has 2 aliphatic heterocycles. The summed E-state index contributed by atoms with van der Waals surface area (Å²) in [5.41, 5.74) is 1.65. The Hall–Kier alpha value is -1.44. The number of hydrogen-bond donors (Lipinski definition) is 1. The minimum absolute atomic E-state index is 0.0682. The molecule has 3 rings (SSSR count). The van der Waals surface area contributed by atoms with Gasteiger partial charge in [0.15, 0.2) is 0 Å². The number of sulfonamides is 1. The Labute approximate surface area is 156 Å². The normalized spacial score (nSPS) is 24.5. The van der Waals surface area contributed by atoms with Crippen molar-refractivity contribution in [2.45, 2.75) is 50.5 Å². The largest absolute Gasteiger partial charge is 0.376 e. The van der Waals surface area contributed by atoms with Crippen LogP contribution in [0.5, 0.6) is 0 Å². The molecule has 2 fully saturated rings. The molecule has 2 atom stereocenters. The Morgan fingerprint density at radius 1 is 1.27 bits per heavy atom. The van der Waals surface area contributed by atoms with E-state index in [1.807, 2.05) is 26.0 Å². The molecule has 144 valence electrons. The van der Waals surface area contributed by atoms with Crippen LogP contribution in [-0.2, 0) is 19.6 Å². The number of rotatable bonds is 5. The highest BCUT2D eigenvalue weighted by atomic mass is 32.2. The van der Waals surface area contributed by atoms with Crippen LogP contribution in [0, 0.1) is 19.8 Å². The van der Waals surface area contributed by atoms with Crippen LogP contribution in [0.25, 0.3) is 0 Å². The summed E-state index contributed by atoms with van der Waals surface area (Å²) < 4.78 is 33.1. The summed E-state index contributed by atoms with van der Waals surface area (Å²) in [7, 11) is -3.58. The van der Waals surface area contributed by atoms with Crippen LogP contribution in [0.3, 0.4) is 0 Å². The number of benzene rings is 1. The lowest BCUT2D eigenvalue weighted by Gasteiger charge is -2.31. The van der Waals surface area contributed by atoms with Gasteiger partial charge in [0.2, 0.25) is 15.9 Å². The fourth-order valence-corrected chi connectivity index (χ4v) is 5.50. The van der Waals surface area contributed by atoms with Crippen LogP contribution < -0.4 is 5.32 Å². The van der Waals surface area contributed by atoms with E-state index in [0.29, 0.717) is 24.4 Å². The maximum absolute atomic E-state index is 13.1. The summed E-state index contributed by atoms with van der Waals surface area (Å²) in [6.07, 6.45) is 3.51. The SMILES string of the molecule is Cc1ccc(C)c(S(=O)(=O)N2CCC[C@@H](C(=O)NC[C@@H]3CCCO3)C2)c1. The van der Waals surface area contributed by atoms with E-state index in [4.69, 9.17) is 4.74 Å². The van der Waals surface area contributed by atoms with Gasteiger partial charge < -0.3 is 10.1 Å². The van der Waals surface area contributed by atoms with Crippen LogP contribution in [0.4, 0.5) is 0 Å². The average Bonchev–Trinajstić information content (AvgIpc) is 3.15. The average molecular weight is 381 g/mol. The van der Waals surface area contributed by atoms with Gasteiger partial charge in [0.25, 0.3) is 0 Å². The molecular formula is C19H28N2O4S. The number of amides is 1. The van der Waals surface area contributed by atoms with E-state index in [0.717, 1.165) is 37.0 Å². The Morgan fingerprint density at radius 2 is 2.08 bits per heavy atom. The van der Waals surface area contributed by atoms with Crippen LogP contribution in [0.1, 0.15) is 36.8 Å². The zero-order valence-corrected chi connectivity index (χ0v) is 16.3. The fraction of sp³-hybridized carbons (Fsp3) is 0.632.